The monoisotopic (exact) mass is 884 g/mol. The first-order valence-corrected chi connectivity index (χ1v) is 17.8. The summed E-state index contributed by atoms with van der Waals surface area (Å²) in [6.45, 7) is 7.93. The standard InChI is InChI=1S/C34H31ClI2N2O6S/c1-6-43-33(41)29-19(4)38-34-39(30(29)22-10-11-26(45-18(2)3)27(16-22)42-5)32(40)28(46-34)15-21-13-24(36)31(25(37)14-21)44-17-20-8-7-9-23(35)12-20/h7-16,18,30H,6,17H2,1-5H3/b28-15+/t30-/m1/s1. The van der Waals surface area contributed by atoms with Crippen LogP contribution in [0.2, 0.25) is 5.02 Å². The number of benzene rings is 3. The van der Waals surface area contributed by atoms with Crippen molar-refractivity contribution in [2.75, 3.05) is 13.7 Å². The summed E-state index contributed by atoms with van der Waals surface area (Å²) in [6.07, 6.45) is 1.78. The summed E-state index contributed by atoms with van der Waals surface area (Å²) in [5, 5.41) is 0.658. The molecular weight excluding hydrogens is 854 g/mol. The van der Waals surface area contributed by atoms with E-state index in [0.717, 1.165) is 24.0 Å². The Balaban J connectivity index is 1.58. The third-order valence-electron chi connectivity index (χ3n) is 6.97. The van der Waals surface area contributed by atoms with Crippen molar-refractivity contribution in [3.8, 4) is 17.2 Å². The third-order valence-corrected chi connectivity index (χ3v) is 9.79. The molecule has 46 heavy (non-hydrogen) atoms. The van der Waals surface area contributed by atoms with E-state index in [4.69, 9.17) is 30.5 Å². The molecule has 0 N–H and O–H groups in total. The van der Waals surface area contributed by atoms with Crippen molar-refractivity contribution >= 4 is 80.2 Å². The second-order valence-corrected chi connectivity index (χ2v) is 14.4. The Hall–Kier alpha value is -2.88. The van der Waals surface area contributed by atoms with Crippen LogP contribution in [0.1, 0.15) is 50.4 Å². The number of hydrogen-bond donors (Lipinski definition) is 0. The Kier molecular flexibility index (Phi) is 11.2. The molecule has 0 saturated carbocycles. The average molecular weight is 885 g/mol. The zero-order chi connectivity index (χ0) is 33.1. The lowest BCUT2D eigenvalue weighted by atomic mass is 9.95. The minimum atomic E-state index is -0.776. The third kappa shape index (κ3) is 7.47. The van der Waals surface area contributed by atoms with Crippen molar-refractivity contribution in [3.63, 3.8) is 0 Å². The summed E-state index contributed by atoms with van der Waals surface area (Å²) in [6, 6.07) is 16.2. The van der Waals surface area contributed by atoms with Crippen molar-refractivity contribution in [3.05, 3.63) is 114 Å². The first-order chi connectivity index (χ1) is 22.0. The van der Waals surface area contributed by atoms with Crippen LogP contribution in [0.15, 0.2) is 75.7 Å². The number of methoxy groups -OCH3 is 1. The van der Waals surface area contributed by atoms with Crippen LogP contribution in [0, 0.1) is 7.14 Å². The van der Waals surface area contributed by atoms with E-state index in [1.54, 1.807) is 37.7 Å². The maximum Gasteiger partial charge on any atom is 0.338 e. The normalized spacial score (nSPS) is 14.6. The topological polar surface area (TPSA) is 88.4 Å². The van der Waals surface area contributed by atoms with Gasteiger partial charge in [0.25, 0.3) is 5.56 Å². The number of carbonyl (C=O) groups is 1. The minimum absolute atomic E-state index is 0.0654. The number of nitrogens with zero attached hydrogens (tertiary/aromatic N) is 2. The predicted molar refractivity (Wildman–Crippen MR) is 197 cm³/mol. The predicted octanol–water partition coefficient (Wildman–Crippen LogP) is 7.04. The largest absolute Gasteiger partial charge is 0.493 e. The number of aromatic nitrogens is 1. The van der Waals surface area contributed by atoms with Crippen LogP contribution in [-0.2, 0) is 16.1 Å². The molecular formula is C34H31ClI2N2O6S. The van der Waals surface area contributed by atoms with Crippen LogP contribution in [0.4, 0.5) is 0 Å². The van der Waals surface area contributed by atoms with E-state index < -0.39 is 12.0 Å². The smallest absolute Gasteiger partial charge is 0.338 e. The van der Waals surface area contributed by atoms with E-state index in [1.807, 2.05) is 62.4 Å². The maximum atomic E-state index is 14.1. The highest BCUT2D eigenvalue weighted by molar-refractivity contribution is 14.1. The van der Waals surface area contributed by atoms with Gasteiger partial charge in [0, 0.05) is 5.02 Å². The van der Waals surface area contributed by atoms with Crippen LogP contribution in [-0.4, -0.2) is 30.4 Å². The Morgan fingerprint density at radius 3 is 2.50 bits per heavy atom. The van der Waals surface area contributed by atoms with Crippen LogP contribution >= 0.6 is 68.1 Å². The van der Waals surface area contributed by atoms with Crippen molar-refractivity contribution in [2.45, 2.75) is 46.4 Å². The van der Waals surface area contributed by atoms with Gasteiger partial charge in [-0.2, -0.15) is 0 Å². The van der Waals surface area contributed by atoms with Gasteiger partial charge in [0.15, 0.2) is 16.3 Å². The summed E-state index contributed by atoms with van der Waals surface area (Å²) in [5.41, 5.74) is 2.99. The van der Waals surface area contributed by atoms with Crippen molar-refractivity contribution in [1.29, 1.82) is 0 Å². The quantitative estimate of drug-likeness (QED) is 0.126. The molecule has 1 aromatic heterocycles. The van der Waals surface area contributed by atoms with Gasteiger partial charge < -0.3 is 18.9 Å². The Morgan fingerprint density at radius 1 is 1.11 bits per heavy atom. The zero-order valence-corrected chi connectivity index (χ0v) is 31.6. The molecule has 0 radical (unpaired) electrons. The number of rotatable bonds is 10. The van der Waals surface area contributed by atoms with Gasteiger partial charge in [0.1, 0.15) is 12.4 Å². The lowest BCUT2D eigenvalue weighted by Crippen LogP contribution is -2.40. The average Bonchev–Trinajstić information content (AvgIpc) is 3.29. The fourth-order valence-corrected chi connectivity index (χ4v) is 8.43. The van der Waals surface area contributed by atoms with Gasteiger partial charge in [-0.3, -0.25) is 9.36 Å². The molecule has 1 atom stereocenters. The lowest BCUT2D eigenvalue weighted by molar-refractivity contribution is -0.139. The summed E-state index contributed by atoms with van der Waals surface area (Å²) in [4.78, 5) is 32.6. The molecule has 3 aromatic carbocycles. The van der Waals surface area contributed by atoms with E-state index in [1.165, 1.54) is 11.3 Å². The molecule has 0 fully saturated rings. The fourth-order valence-electron chi connectivity index (χ4n) is 5.05. The number of allylic oxidation sites excluding steroid dienone is 1. The molecule has 4 aromatic rings. The van der Waals surface area contributed by atoms with Gasteiger partial charge in [-0.25, -0.2) is 9.79 Å². The first kappa shape index (κ1) is 34.5. The van der Waals surface area contributed by atoms with Gasteiger partial charge >= 0.3 is 5.97 Å². The van der Waals surface area contributed by atoms with Crippen molar-refractivity contribution < 1.29 is 23.7 Å². The van der Waals surface area contributed by atoms with E-state index >= 15 is 0 Å². The fraction of sp³-hybridized carbons (Fsp3) is 0.265. The summed E-state index contributed by atoms with van der Waals surface area (Å²) in [7, 11) is 1.56. The highest BCUT2D eigenvalue weighted by atomic mass is 127. The lowest BCUT2D eigenvalue weighted by Gasteiger charge is -2.25. The maximum absolute atomic E-state index is 14.1. The van der Waals surface area contributed by atoms with Crippen molar-refractivity contribution in [1.82, 2.24) is 4.57 Å². The molecule has 5 rings (SSSR count). The number of esters is 1. The number of ether oxygens (including phenoxy) is 4. The molecule has 12 heteroatoms. The van der Waals surface area contributed by atoms with Gasteiger partial charge in [-0.15, -0.1) is 0 Å². The zero-order valence-electron chi connectivity index (χ0n) is 25.7. The summed E-state index contributed by atoms with van der Waals surface area (Å²) < 4.78 is 27.0. The number of fused-ring (bicyclic) bond motifs is 1. The molecule has 0 saturated heterocycles. The Morgan fingerprint density at radius 2 is 1.85 bits per heavy atom. The molecule has 240 valence electrons. The minimum Gasteiger partial charge on any atom is -0.493 e. The van der Waals surface area contributed by atoms with E-state index in [-0.39, 0.29) is 18.3 Å². The molecule has 0 amide bonds. The highest BCUT2D eigenvalue weighted by Crippen LogP contribution is 2.37. The van der Waals surface area contributed by atoms with Gasteiger partial charge in [0.2, 0.25) is 0 Å². The van der Waals surface area contributed by atoms with Crippen LogP contribution in [0.25, 0.3) is 6.08 Å². The van der Waals surface area contributed by atoms with Gasteiger partial charge in [-0.05, 0) is 132 Å². The molecule has 2 heterocycles. The molecule has 0 aliphatic carbocycles. The van der Waals surface area contributed by atoms with Crippen LogP contribution in [0.3, 0.4) is 0 Å². The van der Waals surface area contributed by atoms with Crippen LogP contribution < -0.4 is 29.1 Å². The second-order valence-electron chi connectivity index (χ2n) is 10.6. The van der Waals surface area contributed by atoms with E-state index in [2.05, 4.69) is 50.2 Å². The number of hydrogen-bond acceptors (Lipinski definition) is 8. The molecule has 0 bridgehead atoms. The van der Waals surface area contributed by atoms with Gasteiger partial charge in [-0.1, -0.05) is 41.1 Å². The summed E-state index contributed by atoms with van der Waals surface area (Å²) >= 11 is 11.9. The SMILES string of the molecule is CCOC(=O)C1=C(C)N=c2s/c(=C/c3cc(I)c(OCc4cccc(Cl)c4)c(I)c3)c(=O)n2[C@@H]1c1ccc(OC(C)C)c(OC)c1. The number of halogens is 3. The second kappa shape index (κ2) is 14.9. The number of thiazole rings is 1. The van der Waals surface area contributed by atoms with E-state index in [9.17, 15) is 9.59 Å². The molecule has 1 aliphatic heterocycles. The number of carbonyl (C=O) groups excluding carboxylic acids is 1. The van der Waals surface area contributed by atoms with Crippen LogP contribution in [0.5, 0.6) is 17.2 Å². The van der Waals surface area contributed by atoms with E-state index in [0.29, 0.717) is 49.3 Å². The molecule has 0 spiro atoms. The Bertz CT molecular complexity index is 2000. The highest BCUT2D eigenvalue weighted by Gasteiger charge is 2.34. The molecule has 1 aliphatic rings. The Labute approximate surface area is 303 Å². The van der Waals surface area contributed by atoms with Crippen molar-refractivity contribution in [2.24, 2.45) is 4.99 Å². The molecule has 0 unspecified atom stereocenters. The van der Waals surface area contributed by atoms with Gasteiger partial charge in [0.05, 0.1) is 48.8 Å². The first-order valence-electron chi connectivity index (χ1n) is 14.4. The summed E-state index contributed by atoms with van der Waals surface area (Å²) in [5.74, 6) is 1.29. The molecule has 8 nitrogen and oxygen atoms in total.